The molecule has 5 nitrogen and oxygen atoms in total. The molecule has 3 rings (SSSR count). The van der Waals surface area contributed by atoms with E-state index in [2.05, 4.69) is 0 Å². The summed E-state index contributed by atoms with van der Waals surface area (Å²) in [7, 11) is 0. The van der Waals surface area contributed by atoms with E-state index < -0.39 is 11.4 Å². The molecule has 2 saturated heterocycles. The first-order valence-electron chi connectivity index (χ1n) is 7.32. The third-order valence-corrected chi connectivity index (χ3v) is 5.55. The van der Waals surface area contributed by atoms with Gasteiger partial charge in [0, 0.05) is 30.5 Å². The van der Waals surface area contributed by atoms with E-state index in [1.54, 1.807) is 11.0 Å². The van der Waals surface area contributed by atoms with Gasteiger partial charge in [0.05, 0.1) is 17.6 Å². The van der Waals surface area contributed by atoms with Crippen LogP contribution in [0.15, 0.2) is 29.2 Å². The smallest absolute Gasteiger partial charge is 0.311 e. The molecule has 22 heavy (non-hydrogen) atoms. The normalized spacial score (nSPS) is 27.5. The van der Waals surface area contributed by atoms with E-state index >= 15 is 0 Å². The van der Waals surface area contributed by atoms with Gasteiger partial charge >= 0.3 is 5.97 Å². The van der Waals surface area contributed by atoms with Crippen LogP contribution in [0, 0.1) is 11.3 Å². The lowest BCUT2D eigenvalue weighted by Gasteiger charge is -2.33. The van der Waals surface area contributed by atoms with Crippen LogP contribution in [-0.2, 0) is 9.53 Å². The molecule has 0 radical (unpaired) electrons. The Labute approximate surface area is 133 Å². The number of benzene rings is 1. The number of hydrogen-bond acceptors (Lipinski definition) is 4. The first-order valence-corrected chi connectivity index (χ1v) is 8.54. The van der Waals surface area contributed by atoms with Crippen molar-refractivity contribution in [1.29, 1.82) is 0 Å². The molecule has 2 aliphatic heterocycles. The second-order valence-corrected chi connectivity index (χ2v) is 6.72. The van der Waals surface area contributed by atoms with Crippen molar-refractivity contribution < 1.29 is 19.4 Å². The summed E-state index contributed by atoms with van der Waals surface area (Å²) in [6, 6.07) is 7.46. The number of nitrogens with zero attached hydrogens (tertiary/aromatic N) is 1. The van der Waals surface area contributed by atoms with E-state index in [9.17, 15) is 14.7 Å². The van der Waals surface area contributed by atoms with Gasteiger partial charge in [0.2, 0.25) is 0 Å². The van der Waals surface area contributed by atoms with E-state index in [1.807, 2.05) is 24.5 Å². The van der Waals surface area contributed by atoms with Crippen molar-refractivity contribution in [2.24, 2.45) is 11.3 Å². The number of carboxylic acid groups (broad SMARTS) is 1. The molecule has 6 heteroatoms. The van der Waals surface area contributed by atoms with Gasteiger partial charge in [0.25, 0.3) is 5.91 Å². The number of carbonyl (C=O) groups is 2. The summed E-state index contributed by atoms with van der Waals surface area (Å²) in [6.45, 7) is 1.60. The summed E-state index contributed by atoms with van der Waals surface area (Å²) in [5.74, 6) is -1.02. The number of likely N-dealkylation sites (tertiary alicyclic amines) is 1. The van der Waals surface area contributed by atoms with Crippen LogP contribution < -0.4 is 0 Å². The molecule has 2 fully saturated rings. The predicted molar refractivity (Wildman–Crippen MR) is 83.1 cm³/mol. The van der Waals surface area contributed by atoms with E-state index in [0.29, 0.717) is 31.7 Å². The first kappa shape index (κ1) is 15.4. The van der Waals surface area contributed by atoms with E-state index in [0.717, 1.165) is 4.90 Å². The van der Waals surface area contributed by atoms with Gasteiger partial charge in [-0.1, -0.05) is 12.1 Å². The molecule has 2 atom stereocenters. The lowest BCUT2D eigenvalue weighted by molar-refractivity contribution is -0.157. The molecule has 1 N–H and O–H groups in total. The second kappa shape index (κ2) is 5.93. The highest BCUT2D eigenvalue weighted by atomic mass is 32.2. The minimum atomic E-state index is -0.845. The largest absolute Gasteiger partial charge is 0.481 e. The topological polar surface area (TPSA) is 66.8 Å². The van der Waals surface area contributed by atoms with Crippen LogP contribution in [0.25, 0.3) is 0 Å². The van der Waals surface area contributed by atoms with Crippen molar-refractivity contribution in [3.05, 3.63) is 29.8 Å². The van der Waals surface area contributed by atoms with Crippen LogP contribution in [0.2, 0.25) is 0 Å². The lowest BCUT2D eigenvalue weighted by Crippen LogP contribution is -2.45. The standard InChI is InChI=1S/C16H19NO4S/c1-22-13-5-3-2-4-12(13)14(18)17-8-11-9-21-7-6-16(11,10-17)15(19)20/h2-5,11H,6-10H2,1H3,(H,19,20)/t11-,16+/m0/s1. The molecule has 0 saturated carbocycles. The maximum atomic E-state index is 12.8. The average molecular weight is 321 g/mol. The van der Waals surface area contributed by atoms with Crippen molar-refractivity contribution >= 4 is 23.6 Å². The Morgan fingerprint density at radius 3 is 2.86 bits per heavy atom. The molecule has 118 valence electrons. The molecule has 0 aliphatic carbocycles. The summed E-state index contributed by atoms with van der Waals surface area (Å²) in [6.07, 6.45) is 2.41. The Morgan fingerprint density at radius 2 is 2.18 bits per heavy atom. The Kier molecular flexibility index (Phi) is 4.14. The Hall–Kier alpha value is -1.53. The van der Waals surface area contributed by atoms with Crippen molar-refractivity contribution in [1.82, 2.24) is 4.90 Å². The molecule has 2 aliphatic rings. The number of carboxylic acids is 1. The van der Waals surface area contributed by atoms with Gasteiger partial charge < -0.3 is 14.7 Å². The number of fused-ring (bicyclic) bond motifs is 1. The fourth-order valence-corrected chi connectivity index (χ4v) is 4.04. The van der Waals surface area contributed by atoms with E-state index in [4.69, 9.17) is 4.74 Å². The molecule has 1 amide bonds. The predicted octanol–water partition coefficient (Wildman–Crippen LogP) is 1.97. The summed E-state index contributed by atoms with van der Waals surface area (Å²) < 4.78 is 5.43. The van der Waals surface area contributed by atoms with Crippen molar-refractivity contribution in [2.75, 3.05) is 32.6 Å². The first-order chi connectivity index (χ1) is 10.6. The van der Waals surface area contributed by atoms with Gasteiger partial charge in [-0.25, -0.2) is 0 Å². The second-order valence-electron chi connectivity index (χ2n) is 5.87. The van der Waals surface area contributed by atoms with Crippen LogP contribution in [0.3, 0.4) is 0 Å². The molecule has 1 aromatic rings. The third-order valence-electron chi connectivity index (χ3n) is 4.76. The number of carbonyl (C=O) groups excluding carboxylic acids is 1. The zero-order chi connectivity index (χ0) is 15.7. The monoisotopic (exact) mass is 321 g/mol. The number of amides is 1. The highest BCUT2D eigenvalue weighted by molar-refractivity contribution is 7.98. The fraction of sp³-hybridized carbons (Fsp3) is 0.500. The van der Waals surface area contributed by atoms with Gasteiger partial charge in [0.15, 0.2) is 0 Å². The maximum absolute atomic E-state index is 12.8. The number of ether oxygens (including phenoxy) is 1. The number of rotatable bonds is 3. The van der Waals surface area contributed by atoms with Crippen molar-refractivity contribution in [3.8, 4) is 0 Å². The van der Waals surface area contributed by atoms with Crippen LogP contribution in [0.5, 0.6) is 0 Å². The minimum Gasteiger partial charge on any atom is -0.481 e. The van der Waals surface area contributed by atoms with Gasteiger partial charge in [-0.05, 0) is 24.8 Å². The zero-order valence-electron chi connectivity index (χ0n) is 12.4. The zero-order valence-corrected chi connectivity index (χ0v) is 13.3. The number of aliphatic carboxylic acids is 1. The third kappa shape index (κ3) is 2.40. The van der Waals surface area contributed by atoms with Crippen LogP contribution >= 0.6 is 11.8 Å². The molecule has 2 heterocycles. The Balaban J connectivity index is 1.87. The summed E-state index contributed by atoms with van der Waals surface area (Å²) >= 11 is 1.52. The summed E-state index contributed by atoms with van der Waals surface area (Å²) in [5.41, 5.74) is -0.197. The molecule has 0 unspecified atom stereocenters. The molecular weight excluding hydrogens is 302 g/mol. The van der Waals surface area contributed by atoms with Gasteiger partial charge in [-0.2, -0.15) is 0 Å². The highest BCUT2D eigenvalue weighted by Crippen LogP contribution is 2.43. The van der Waals surface area contributed by atoms with E-state index in [1.165, 1.54) is 11.8 Å². The molecule has 0 aromatic heterocycles. The number of hydrogen-bond donors (Lipinski definition) is 1. The van der Waals surface area contributed by atoms with E-state index in [-0.39, 0.29) is 18.4 Å². The van der Waals surface area contributed by atoms with Crippen LogP contribution in [0.4, 0.5) is 0 Å². The molecular formula is C16H19NO4S. The highest BCUT2D eigenvalue weighted by Gasteiger charge is 2.55. The quantitative estimate of drug-likeness (QED) is 0.862. The summed E-state index contributed by atoms with van der Waals surface area (Å²) in [4.78, 5) is 27.2. The van der Waals surface area contributed by atoms with Crippen molar-refractivity contribution in [3.63, 3.8) is 0 Å². The van der Waals surface area contributed by atoms with Gasteiger partial charge in [-0.15, -0.1) is 11.8 Å². The summed E-state index contributed by atoms with van der Waals surface area (Å²) in [5, 5.41) is 9.67. The lowest BCUT2D eigenvalue weighted by atomic mass is 9.74. The Bertz CT molecular complexity index is 606. The Morgan fingerprint density at radius 1 is 1.41 bits per heavy atom. The fourth-order valence-electron chi connectivity index (χ4n) is 3.45. The molecule has 1 aromatic carbocycles. The molecule has 0 bridgehead atoms. The maximum Gasteiger partial charge on any atom is 0.311 e. The number of thioether (sulfide) groups is 1. The van der Waals surface area contributed by atoms with Crippen molar-refractivity contribution in [2.45, 2.75) is 11.3 Å². The van der Waals surface area contributed by atoms with Crippen LogP contribution in [-0.4, -0.2) is 54.4 Å². The molecule has 0 spiro atoms. The van der Waals surface area contributed by atoms with Gasteiger partial charge in [-0.3, -0.25) is 9.59 Å². The average Bonchev–Trinajstić information content (AvgIpc) is 2.95. The van der Waals surface area contributed by atoms with Gasteiger partial charge in [0.1, 0.15) is 0 Å². The SMILES string of the molecule is CSc1ccccc1C(=O)N1C[C@H]2COCC[C@@]2(C(=O)O)C1. The minimum absolute atomic E-state index is 0.0834. The van der Waals surface area contributed by atoms with Crippen LogP contribution in [0.1, 0.15) is 16.8 Å².